The van der Waals surface area contributed by atoms with Crippen LogP contribution in [0, 0.1) is 29.6 Å². The number of unbranched alkanes of at least 4 members (excludes halogenated alkanes) is 1. The first-order valence-corrected chi connectivity index (χ1v) is 9.35. The van der Waals surface area contributed by atoms with Crippen LogP contribution >= 0.6 is 11.6 Å². The highest BCUT2D eigenvalue weighted by Crippen LogP contribution is 2.53. The van der Waals surface area contributed by atoms with Crippen molar-refractivity contribution in [3.63, 3.8) is 0 Å². The van der Waals surface area contributed by atoms with E-state index in [1.54, 1.807) is 12.8 Å². The molecule has 0 saturated heterocycles. The molecule has 3 fully saturated rings. The van der Waals surface area contributed by atoms with Crippen molar-refractivity contribution in [2.24, 2.45) is 29.6 Å². The van der Waals surface area contributed by atoms with Gasteiger partial charge in [0, 0.05) is 5.38 Å². The number of alkyl halides is 1. The molecule has 0 aromatic heterocycles. The third-order valence-corrected chi connectivity index (χ3v) is 6.95. The number of halogens is 1. The van der Waals surface area contributed by atoms with E-state index < -0.39 is 0 Å². The molecule has 1 heteroatoms. The Balaban J connectivity index is 1.58. The lowest BCUT2D eigenvalue weighted by molar-refractivity contribution is 0.0111. The van der Waals surface area contributed by atoms with Crippen molar-refractivity contribution in [3.05, 3.63) is 0 Å². The topological polar surface area (TPSA) is 0 Å². The maximum absolute atomic E-state index is 6.39. The van der Waals surface area contributed by atoms with E-state index in [9.17, 15) is 0 Å². The highest BCUT2D eigenvalue weighted by atomic mass is 35.5. The molecule has 0 nitrogen and oxygen atoms in total. The van der Waals surface area contributed by atoms with Gasteiger partial charge >= 0.3 is 0 Å². The number of hydrogen-bond donors (Lipinski definition) is 0. The molecule has 3 saturated carbocycles. The molecular weight excluding hydrogens is 252 g/mol. The zero-order valence-electron chi connectivity index (χ0n) is 12.6. The maximum Gasteiger partial charge on any atom is 0.0338 e. The Kier molecular flexibility index (Phi) is 4.78. The van der Waals surface area contributed by atoms with Crippen LogP contribution < -0.4 is 0 Å². The lowest BCUT2D eigenvalue weighted by Gasteiger charge is -2.50. The molecule has 0 aromatic rings. The van der Waals surface area contributed by atoms with Crippen molar-refractivity contribution < 1.29 is 0 Å². The number of fused-ring (bicyclic) bond motifs is 3. The van der Waals surface area contributed by atoms with Gasteiger partial charge in [0.15, 0.2) is 0 Å². The summed E-state index contributed by atoms with van der Waals surface area (Å²) in [6, 6.07) is 0. The van der Waals surface area contributed by atoms with Gasteiger partial charge in [-0.25, -0.2) is 0 Å². The van der Waals surface area contributed by atoms with Gasteiger partial charge in [-0.3, -0.25) is 0 Å². The molecule has 3 rings (SSSR count). The number of rotatable bonds is 3. The Morgan fingerprint density at radius 2 is 1.53 bits per heavy atom. The standard InChI is InChI=1S/C18H31Cl/c1-2-3-4-13-5-9-17-14(11-13)6-7-15-12-16(19)8-10-18(15)17/h13-18H,2-12H2,1H3/t13-,14?,15?,16-,17?,18?/m1/s1. The maximum atomic E-state index is 6.39. The summed E-state index contributed by atoms with van der Waals surface area (Å²) in [6.45, 7) is 2.33. The van der Waals surface area contributed by atoms with Gasteiger partial charge in [0.1, 0.15) is 0 Å². The van der Waals surface area contributed by atoms with Crippen molar-refractivity contribution in [1.82, 2.24) is 0 Å². The Labute approximate surface area is 124 Å². The Bertz CT molecular complexity index is 287. The van der Waals surface area contributed by atoms with Gasteiger partial charge in [0.25, 0.3) is 0 Å². The second-order valence-electron chi connectivity index (χ2n) is 7.66. The average Bonchev–Trinajstić information content (AvgIpc) is 2.44. The fraction of sp³-hybridized carbons (Fsp3) is 1.00. The van der Waals surface area contributed by atoms with Crippen LogP contribution in [-0.4, -0.2) is 5.38 Å². The summed E-state index contributed by atoms with van der Waals surface area (Å²) < 4.78 is 0. The zero-order chi connectivity index (χ0) is 13.2. The Hall–Kier alpha value is 0.290. The molecule has 110 valence electrons. The summed E-state index contributed by atoms with van der Waals surface area (Å²) in [4.78, 5) is 0. The van der Waals surface area contributed by atoms with Gasteiger partial charge in [0.05, 0.1) is 0 Å². The number of hydrogen-bond acceptors (Lipinski definition) is 0. The second-order valence-corrected chi connectivity index (χ2v) is 8.27. The van der Waals surface area contributed by atoms with Crippen LogP contribution in [0.15, 0.2) is 0 Å². The molecule has 0 aliphatic heterocycles. The van der Waals surface area contributed by atoms with Crippen molar-refractivity contribution in [1.29, 1.82) is 0 Å². The summed E-state index contributed by atoms with van der Waals surface area (Å²) in [6.07, 6.45) is 16.1. The predicted molar refractivity (Wildman–Crippen MR) is 83.6 cm³/mol. The second kappa shape index (κ2) is 6.37. The first-order chi connectivity index (χ1) is 9.28. The van der Waals surface area contributed by atoms with E-state index in [0.29, 0.717) is 5.38 Å². The molecule has 0 radical (unpaired) electrons. The molecule has 3 aliphatic rings. The smallest absolute Gasteiger partial charge is 0.0338 e. The molecular formula is C18H31Cl. The fourth-order valence-electron chi connectivity index (χ4n) is 5.59. The van der Waals surface area contributed by atoms with Crippen LogP contribution in [0.25, 0.3) is 0 Å². The van der Waals surface area contributed by atoms with E-state index in [-0.39, 0.29) is 0 Å². The van der Waals surface area contributed by atoms with Gasteiger partial charge in [-0.15, -0.1) is 11.6 Å². The minimum Gasteiger partial charge on any atom is -0.123 e. The quantitative estimate of drug-likeness (QED) is 0.555. The average molecular weight is 283 g/mol. The summed E-state index contributed by atoms with van der Waals surface area (Å²) in [7, 11) is 0. The van der Waals surface area contributed by atoms with Crippen LogP contribution in [0.1, 0.15) is 77.6 Å². The molecule has 0 spiro atoms. The first-order valence-electron chi connectivity index (χ1n) is 8.92. The largest absolute Gasteiger partial charge is 0.123 e. The van der Waals surface area contributed by atoms with Gasteiger partial charge < -0.3 is 0 Å². The summed E-state index contributed by atoms with van der Waals surface area (Å²) >= 11 is 6.39. The highest BCUT2D eigenvalue weighted by molar-refractivity contribution is 6.20. The molecule has 0 bridgehead atoms. The summed E-state index contributed by atoms with van der Waals surface area (Å²) in [5, 5.41) is 0.499. The van der Waals surface area contributed by atoms with E-state index >= 15 is 0 Å². The van der Waals surface area contributed by atoms with Crippen molar-refractivity contribution in [2.75, 3.05) is 0 Å². The van der Waals surface area contributed by atoms with E-state index in [2.05, 4.69) is 6.92 Å². The van der Waals surface area contributed by atoms with Crippen LogP contribution in [0.5, 0.6) is 0 Å². The third kappa shape index (κ3) is 3.14. The SMILES string of the molecule is CCCC[C@@H]1CCC2C(CCC3C[C@H](Cl)CCC32)C1. The highest BCUT2D eigenvalue weighted by Gasteiger charge is 2.43. The van der Waals surface area contributed by atoms with E-state index in [0.717, 1.165) is 29.6 Å². The molecule has 0 amide bonds. The molecule has 3 aliphatic carbocycles. The molecule has 4 unspecified atom stereocenters. The molecule has 19 heavy (non-hydrogen) atoms. The van der Waals surface area contributed by atoms with Gasteiger partial charge in [-0.2, -0.15) is 0 Å². The molecule has 0 N–H and O–H groups in total. The molecule has 0 aromatic carbocycles. The zero-order valence-corrected chi connectivity index (χ0v) is 13.4. The van der Waals surface area contributed by atoms with Crippen LogP contribution in [-0.2, 0) is 0 Å². The third-order valence-electron chi connectivity index (χ3n) is 6.55. The summed E-state index contributed by atoms with van der Waals surface area (Å²) in [5.41, 5.74) is 0. The van der Waals surface area contributed by atoms with Crippen LogP contribution in [0.2, 0.25) is 0 Å². The van der Waals surface area contributed by atoms with Crippen LogP contribution in [0.3, 0.4) is 0 Å². The fourth-order valence-corrected chi connectivity index (χ4v) is 5.94. The monoisotopic (exact) mass is 282 g/mol. The van der Waals surface area contributed by atoms with Crippen LogP contribution in [0.4, 0.5) is 0 Å². The Morgan fingerprint density at radius 3 is 2.26 bits per heavy atom. The molecule has 6 atom stereocenters. The first kappa shape index (κ1) is 14.2. The van der Waals surface area contributed by atoms with E-state index in [1.165, 1.54) is 57.8 Å². The lowest BCUT2D eigenvalue weighted by Crippen LogP contribution is -2.41. The normalized spacial score (nSPS) is 46.4. The minimum atomic E-state index is 0.499. The van der Waals surface area contributed by atoms with Gasteiger partial charge in [0.2, 0.25) is 0 Å². The van der Waals surface area contributed by atoms with E-state index in [1.807, 2.05) is 0 Å². The van der Waals surface area contributed by atoms with Crippen molar-refractivity contribution >= 4 is 11.6 Å². The van der Waals surface area contributed by atoms with Crippen molar-refractivity contribution in [3.8, 4) is 0 Å². The minimum absolute atomic E-state index is 0.499. The van der Waals surface area contributed by atoms with Gasteiger partial charge in [-0.1, -0.05) is 32.6 Å². The predicted octanol–water partition coefficient (Wildman–Crippen LogP) is 6.03. The summed E-state index contributed by atoms with van der Waals surface area (Å²) in [5.74, 6) is 5.29. The van der Waals surface area contributed by atoms with Crippen molar-refractivity contribution in [2.45, 2.75) is 82.9 Å². The van der Waals surface area contributed by atoms with Gasteiger partial charge in [-0.05, 0) is 74.5 Å². The lowest BCUT2D eigenvalue weighted by atomic mass is 9.56. The Morgan fingerprint density at radius 1 is 0.842 bits per heavy atom. The molecule has 0 heterocycles. The van der Waals surface area contributed by atoms with E-state index in [4.69, 9.17) is 11.6 Å².